The third-order valence-corrected chi connectivity index (χ3v) is 5.15. The fourth-order valence-corrected chi connectivity index (χ4v) is 3.70. The van der Waals surface area contributed by atoms with E-state index in [2.05, 4.69) is 36.0 Å². The van der Waals surface area contributed by atoms with Crippen molar-refractivity contribution in [3.63, 3.8) is 0 Å². The Kier molecular flexibility index (Phi) is 5.03. The van der Waals surface area contributed by atoms with Crippen molar-refractivity contribution in [2.75, 3.05) is 6.54 Å². The molecule has 0 bridgehead atoms. The molecule has 1 aromatic heterocycles. The van der Waals surface area contributed by atoms with E-state index in [1.165, 1.54) is 12.0 Å². The van der Waals surface area contributed by atoms with Crippen LogP contribution in [0, 0.1) is 13.8 Å². The van der Waals surface area contributed by atoms with Crippen LogP contribution in [0.3, 0.4) is 0 Å². The van der Waals surface area contributed by atoms with Crippen LogP contribution in [-0.4, -0.2) is 33.2 Å². The molecule has 1 saturated heterocycles. The highest BCUT2D eigenvalue weighted by atomic mass is 16.2. The number of aryl methyl sites for hydroxylation is 1. The number of rotatable bonds is 4. The first-order chi connectivity index (χ1) is 11.6. The molecule has 0 radical (unpaired) electrons. The number of benzene rings is 1. The SMILES string of the molecule is Cc1nn(-c2ccccc2)c(C)c1CCC(=O)N1CCCCC1C. The van der Waals surface area contributed by atoms with Gasteiger partial charge in [0.1, 0.15) is 0 Å². The summed E-state index contributed by atoms with van der Waals surface area (Å²) in [6.45, 7) is 7.22. The number of hydrogen-bond donors (Lipinski definition) is 0. The van der Waals surface area contributed by atoms with E-state index in [4.69, 9.17) is 0 Å². The van der Waals surface area contributed by atoms with Gasteiger partial charge >= 0.3 is 0 Å². The van der Waals surface area contributed by atoms with E-state index < -0.39 is 0 Å². The van der Waals surface area contributed by atoms with Crippen LogP contribution in [0.2, 0.25) is 0 Å². The third kappa shape index (κ3) is 3.37. The molecule has 1 fully saturated rings. The van der Waals surface area contributed by atoms with Gasteiger partial charge < -0.3 is 4.90 Å². The van der Waals surface area contributed by atoms with Crippen LogP contribution in [0.15, 0.2) is 30.3 Å². The lowest BCUT2D eigenvalue weighted by Gasteiger charge is -2.33. The maximum Gasteiger partial charge on any atom is 0.223 e. The van der Waals surface area contributed by atoms with Crippen molar-refractivity contribution in [3.05, 3.63) is 47.3 Å². The van der Waals surface area contributed by atoms with E-state index in [-0.39, 0.29) is 5.91 Å². The number of amides is 1. The number of hydrogen-bond acceptors (Lipinski definition) is 2. The van der Waals surface area contributed by atoms with E-state index in [9.17, 15) is 4.79 Å². The molecule has 0 saturated carbocycles. The maximum absolute atomic E-state index is 12.6. The van der Waals surface area contributed by atoms with Crippen molar-refractivity contribution in [2.45, 2.75) is 58.9 Å². The normalized spacial score (nSPS) is 18.0. The minimum Gasteiger partial charge on any atom is -0.340 e. The number of piperidine rings is 1. The molecule has 1 unspecified atom stereocenters. The van der Waals surface area contributed by atoms with Gasteiger partial charge in [-0.2, -0.15) is 5.10 Å². The zero-order valence-corrected chi connectivity index (χ0v) is 15.0. The van der Waals surface area contributed by atoms with Gasteiger partial charge in [-0.15, -0.1) is 0 Å². The summed E-state index contributed by atoms with van der Waals surface area (Å²) in [5.41, 5.74) is 4.44. The molecule has 0 spiro atoms. The van der Waals surface area contributed by atoms with Gasteiger partial charge in [0.15, 0.2) is 0 Å². The molecule has 1 amide bonds. The Morgan fingerprint density at radius 3 is 2.67 bits per heavy atom. The Bertz CT molecular complexity index is 705. The van der Waals surface area contributed by atoms with Crippen LogP contribution >= 0.6 is 0 Å². The number of nitrogens with zero attached hydrogens (tertiary/aromatic N) is 3. The van der Waals surface area contributed by atoms with Crippen molar-refractivity contribution in [3.8, 4) is 5.69 Å². The van der Waals surface area contributed by atoms with Crippen molar-refractivity contribution in [1.82, 2.24) is 14.7 Å². The Hall–Kier alpha value is -2.10. The number of likely N-dealkylation sites (tertiary alicyclic amines) is 1. The first-order valence-electron chi connectivity index (χ1n) is 8.98. The molecular formula is C20H27N3O. The van der Waals surface area contributed by atoms with Gasteiger partial charge in [0.05, 0.1) is 11.4 Å². The van der Waals surface area contributed by atoms with E-state index in [0.717, 1.165) is 42.9 Å². The number of carbonyl (C=O) groups excluding carboxylic acids is 1. The zero-order chi connectivity index (χ0) is 17.1. The van der Waals surface area contributed by atoms with Crippen LogP contribution in [0.4, 0.5) is 0 Å². The summed E-state index contributed by atoms with van der Waals surface area (Å²) in [6, 6.07) is 10.6. The van der Waals surface area contributed by atoms with E-state index in [0.29, 0.717) is 12.5 Å². The molecular weight excluding hydrogens is 298 g/mol. The van der Waals surface area contributed by atoms with Gasteiger partial charge in [0, 0.05) is 24.7 Å². The molecule has 128 valence electrons. The van der Waals surface area contributed by atoms with E-state index in [1.807, 2.05) is 29.8 Å². The Balaban J connectivity index is 1.72. The van der Waals surface area contributed by atoms with Gasteiger partial charge in [0.25, 0.3) is 0 Å². The predicted octanol–water partition coefficient (Wildman–Crippen LogP) is 3.82. The number of carbonyl (C=O) groups is 1. The molecule has 1 atom stereocenters. The smallest absolute Gasteiger partial charge is 0.223 e. The summed E-state index contributed by atoms with van der Waals surface area (Å²) in [6.07, 6.45) is 4.86. The highest BCUT2D eigenvalue weighted by Crippen LogP contribution is 2.21. The fraction of sp³-hybridized carbons (Fsp3) is 0.500. The van der Waals surface area contributed by atoms with E-state index >= 15 is 0 Å². The molecule has 1 aliphatic rings. The van der Waals surface area contributed by atoms with Crippen LogP contribution in [0.25, 0.3) is 5.69 Å². The average molecular weight is 325 g/mol. The van der Waals surface area contributed by atoms with E-state index in [1.54, 1.807) is 0 Å². The highest BCUT2D eigenvalue weighted by Gasteiger charge is 2.23. The minimum absolute atomic E-state index is 0.286. The molecule has 0 N–H and O–H groups in total. The minimum atomic E-state index is 0.286. The summed E-state index contributed by atoms with van der Waals surface area (Å²) in [7, 11) is 0. The molecule has 1 aromatic carbocycles. The standard InChI is InChI=1S/C20H27N3O/c1-15-9-7-8-14-22(15)20(24)13-12-19-16(2)21-23(17(19)3)18-10-5-4-6-11-18/h4-6,10-11,15H,7-9,12-14H2,1-3H3. The monoisotopic (exact) mass is 325 g/mol. The number of para-hydroxylation sites is 1. The zero-order valence-electron chi connectivity index (χ0n) is 15.0. The van der Waals surface area contributed by atoms with Gasteiger partial charge in [-0.3, -0.25) is 4.79 Å². The largest absolute Gasteiger partial charge is 0.340 e. The van der Waals surface area contributed by atoms with Crippen LogP contribution in [0.5, 0.6) is 0 Å². The summed E-state index contributed by atoms with van der Waals surface area (Å²) in [4.78, 5) is 14.6. The first kappa shape index (κ1) is 16.7. The second-order valence-electron chi connectivity index (χ2n) is 6.83. The second-order valence-corrected chi connectivity index (χ2v) is 6.83. The van der Waals surface area contributed by atoms with Crippen LogP contribution in [-0.2, 0) is 11.2 Å². The fourth-order valence-electron chi connectivity index (χ4n) is 3.70. The summed E-state index contributed by atoms with van der Waals surface area (Å²) in [5.74, 6) is 0.286. The van der Waals surface area contributed by atoms with Crippen molar-refractivity contribution < 1.29 is 4.79 Å². The quantitative estimate of drug-likeness (QED) is 0.857. The molecule has 0 aliphatic carbocycles. The molecule has 24 heavy (non-hydrogen) atoms. The first-order valence-corrected chi connectivity index (χ1v) is 8.98. The summed E-state index contributed by atoms with van der Waals surface area (Å²) < 4.78 is 1.98. The summed E-state index contributed by atoms with van der Waals surface area (Å²) >= 11 is 0. The van der Waals surface area contributed by atoms with Crippen molar-refractivity contribution in [2.24, 2.45) is 0 Å². The van der Waals surface area contributed by atoms with Crippen LogP contribution < -0.4 is 0 Å². The number of aromatic nitrogens is 2. The van der Waals surface area contributed by atoms with Gasteiger partial charge in [0.2, 0.25) is 5.91 Å². The third-order valence-electron chi connectivity index (χ3n) is 5.15. The topological polar surface area (TPSA) is 38.1 Å². The lowest BCUT2D eigenvalue weighted by molar-refractivity contribution is -0.134. The molecule has 1 aliphatic heterocycles. The molecule has 2 aromatic rings. The average Bonchev–Trinajstić information content (AvgIpc) is 2.88. The Morgan fingerprint density at radius 1 is 1.21 bits per heavy atom. The summed E-state index contributed by atoms with van der Waals surface area (Å²) in [5, 5.41) is 4.68. The van der Waals surface area contributed by atoms with Crippen LogP contribution in [0.1, 0.15) is 49.6 Å². The lowest BCUT2D eigenvalue weighted by atomic mass is 10.0. The molecule has 4 nitrogen and oxygen atoms in total. The Labute approximate surface area is 144 Å². The Morgan fingerprint density at radius 2 is 1.96 bits per heavy atom. The lowest BCUT2D eigenvalue weighted by Crippen LogP contribution is -2.42. The van der Waals surface area contributed by atoms with Gasteiger partial charge in [-0.05, 0) is 64.2 Å². The molecule has 2 heterocycles. The highest BCUT2D eigenvalue weighted by molar-refractivity contribution is 5.77. The predicted molar refractivity (Wildman–Crippen MR) is 96.4 cm³/mol. The van der Waals surface area contributed by atoms with Gasteiger partial charge in [-0.1, -0.05) is 18.2 Å². The van der Waals surface area contributed by atoms with Crippen molar-refractivity contribution >= 4 is 5.91 Å². The second kappa shape index (κ2) is 7.20. The maximum atomic E-state index is 12.6. The van der Waals surface area contributed by atoms with Gasteiger partial charge in [-0.25, -0.2) is 4.68 Å². The van der Waals surface area contributed by atoms with Crippen molar-refractivity contribution in [1.29, 1.82) is 0 Å². The molecule has 4 heteroatoms. The molecule has 3 rings (SSSR count).